The highest BCUT2D eigenvalue weighted by atomic mass is 19.1. The number of nitriles is 1. The van der Waals surface area contributed by atoms with Crippen molar-refractivity contribution in [2.45, 2.75) is 24.9 Å². The number of benzene rings is 1. The van der Waals surface area contributed by atoms with E-state index in [4.69, 9.17) is 5.26 Å². The third kappa shape index (κ3) is 2.80. The summed E-state index contributed by atoms with van der Waals surface area (Å²) in [6, 6.07) is 6.07. The summed E-state index contributed by atoms with van der Waals surface area (Å²) in [5.41, 5.74) is -0.696. The Morgan fingerprint density at radius 3 is 2.65 bits per heavy atom. The Labute approximate surface area is 99.3 Å². The Balaban J connectivity index is 2.15. The minimum Gasteiger partial charge on any atom is -0.316 e. The van der Waals surface area contributed by atoms with Gasteiger partial charge in [-0.15, -0.1) is 0 Å². The van der Waals surface area contributed by atoms with Gasteiger partial charge in [0.2, 0.25) is 0 Å². The Bertz CT molecular complexity index is 445. The molecular weight excluding hydrogens is 222 g/mol. The van der Waals surface area contributed by atoms with E-state index in [2.05, 4.69) is 5.32 Å². The maximum absolute atomic E-state index is 14.3. The van der Waals surface area contributed by atoms with E-state index in [1.54, 1.807) is 0 Å². The van der Waals surface area contributed by atoms with Gasteiger partial charge in [-0.1, -0.05) is 6.07 Å². The van der Waals surface area contributed by atoms with E-state index in [-0.39, 0.29) is 12.0 Å². The molecule has 1 saturated heterocycles. The molecule has 0 spiro atoms. The summed E-state index contributed by atoms with van der Waals surface area (Å²) in [5, 5.41) is 11.7. The van der Waals surface area contributed by atoms with Crippen LogP contribution in [0.5, 0.6) is 0 Å². The summed E-state index contributed by atoms with van der Waals surface area (Å²) in [6.07, 6.45) is 0.908. The molecule has 0 bridgehead atoms. The monoisotopic (exact) mass is 236 g/mol. The number of hydrogen-bond acceptors (Lipinski definition) is 2. The van der Waals surface area contributed by atoms with Crippen LogP contribution in [0.2, 0.25) is 0 Å². The van der Waals surface area contributed by atoms with Gasteiger partial charge in [-0.25, -0.2) is 8.78 Å². The fraction of sp³-hybridized carbons (Fsp3) is 0.462. The van der Waals surface area contributed by atoms with E-state index >= 15 is 0 Å². The molecule has 0 aliphatic carbocycles. The average Bonchev–Trinajstić information content (AvgIpc) is 2.32. The first-order valence-corrected chi connectivity index (χ1v) is 5.71. The Kier molecular flexibility index (Phi) is 3.39. The molecule has 0 aromatic heterocycles. The van der Waals surface area contributed by atoms with Crippen LogP contribution < -0.4 is 5.32 Å². The fourth-order valence-electron chi connectivity index (χ4n) is 2.15. The number of alkyl halides is 1. The Morgan fingerprint density at radius 1 is 1.35 bits per heavy atom. The van der Waals surface area contributed by atoms with Crippen molar-refractivity contribution in [3.8, 4) is 6.07 Å². The van der Waals surface area contributed by atoms with E-state index in [1.807, 2.05) is 6.07 Å². The van der Waals surface area contributed by atoms with E-state index in [0.717, 1.165) is 0 Å². The molecule has 0 radical (unpaired) electrons. The molecule has 1 aromatic rings. The van der Waals surface area contributed by atoms with Crippen LogP contribution in [-0.2, 0) is 6.42 Å². The highest BCUT2D eigenvalue weighted by molar-refractivity contribution is 5.33. The average molecular weight is 236 g/mol. The van der Waals surface area contributed by atoms with Crippen LogP contribution in [-0.4, -0.2) is 18.8 Å². The largest absolute Gasteiger partial charge is 0.316 e. The van der Waals surface area contributed by atoms with Crippen molar-refractivity contribution < 1.29 is 8.78 Å². The summed E-state index contributed by atoms with van der Waals surface area (Å²) >= 11 is 0. The molecule has 1 aromatic carbocycles. The predicted octanol–water partition coefficient (Wildman–Crippen LogP) is 2.33. The maximum atomic E-state index is 14.3. The molecule has 1 aliphatic rings. The van der Waals surface area contributed by atoms with Gasteiger partial charge < -0.3 is 5.32 Å². The lowest BCUT2D eigenvalue weighted by atomic mass is 9.87. The Morgan fingerprint density at radius 2 is 2.06 bits per heavy atom. The summed E-state index contributed by atoms with van der Waals surface area (Å²) in [6.45, 7) is 1.27. The van der Waals surface area contributed by atoms with Crippen LogP contribution >= 0.6 is 0 Å². The highest BCUT2D eigenvalue weighted by Gasteiger charge is 2.32. The molecule has 4 heteroatoms. The minimum atomic E-state index is -1.32. The van der Waals surface area contributed by atoms with Gasteiger partial charge in [0.1, 0.15) is 11.5 Å². The van der Waals surface area contributed by atoms with E-state index in [1.165, 1.54) is 18.2 Å². The predicted molar refractivity (Wildman–Crippen MR) is 60.8 cm³/mol. The first-order valence-electron chi connectivity index (χ1n) is 5.71. The lowest BCUT2D eigenvalue weighted by molar-refractivity contribution is 0.115. The molecule has 1 fully saturated rings. The second-order valence-corrected chi connectivity index (χ2v) is 4.50. The normalized spacial score (nSPS) is 18.6. The van der Waals surface area contributed by atoms with Gasteiger partial charge in [0, 0.05) is 6.42 Å². The van der Waals surface area contributed by atoms with Gasteiger partial charge >= 0.3 is 0 Å². The summed E-state index contributed by atoms with van der Waals surface area (Å²) < 4.78 is 28.0. The van der Waals surface area contributed by atoms with Crippen molar-refractivity contribution in [3.63, 3.8) is 0 Å². The zero-order valence-electron chi connectivity index (χ0n) is 9.47. The van der Waals surface area contributed by atoms with Gasteiger partial charge in [-0.2, -0.15) is 5.26 Å². The molecule has 2 nitrogen and oxygen atoms in total. The van der Waals surface area contributed by atoms with Crippen molar-refractivity contribution in [3.05, 3.63) is 35.1 Å². The van der Waals surface area contributed by atoms with Crippen molar-refractivity contribution in [1.82, 2.24) is 5.32 Å². The number of halogens is 2. The second kappa shape index (κ2) is 4.80. The third-order valence-corrected chi connectivity index (χ3v) is 3.19. The molecular formula is C13H14F2N2. The van der Waals surface area contributed by atoms with E-state index in [9.17, 15) is 8.78 Å². The van der Waals surface area contributed by atoms with Crippen molar-refractivity contribution in [2.24, 2.45) is 0 Å². The van der Waals surface area contributed by atoms with E-state index in [0.29, 0.717) is 31.5 Å². The molecule has 1 N–H and O–H groups in total. The SMILES string of the molecule is N#Cc1ccc(CC2(F)CCNCC2)c(F)c1. The van der Waals surface area contributed by atoms with Crippen molar-refractivity contribution in [1.29, 1.82) is 5.26 Å². The lowest BCUT2D eigenvalue weighted by Gasteiger charge is -2.30. The fourth-order valence-corrected chi connectivity index (χ4v) is 2.15. The summed E-state index contributed by atoms with van der Waals surface area (Å²) in [5.74, 6) is -0.486. The molecule has 1 heterocycles. The number of hydrogen-bond donors (Lipinski definition) is 1. The van der Waals surface area contributed by atoms with Gasteiger partial charge in [0.15, 0.2) is 0 Å². The molecule has 0 amide bonds. The van der Waals surface area contributed by atoms with Crippen LogP contribution in [0.3, 0.4) is 0 Å². The smallest absolute Gasteiger partial charge is 0.127 e. The zero-order chi connectivity index (χ0) is 12.3. The van der Waals surface area contributed by atoms with Crippen LogP contribution in [0.1, 0.15) is 24.0 Å². The standard InChI is InChI=1S/C13H14F2N2/c14-12-7-10(9-16)1-2-11(12)8-13(15)3-5-17-6-4-13/h1-2,7,17H,3-6,8H2. The molecule has 0 saturated carbocycles. The van der Waals surface area contributed by atoms with Crippen LogP contribution in [0.15, 0.2) is 18.2 Å². The molecule has 0 unspecified atom stereocenters. The van der Waals surface area contributed by atoms with Crippen molar-refractivity contribution in [2.75, 3.05) is 13.1 Å². The molecule has 90 valence electrons. The first kappa shape index (κ1) is 12.0. The molecule has 1 aliphatic heterocycles. The van der Waals surface area contributed by atoms with Crippen LogP contribution in [0.25, 0.3) is 0 Å². The quantitative estimate of drug-likeness (QED) is 0.855. The van der Waals surface area contributed by atoms with Gasteiger partial charge in [0.25, 0.3) is 0 Å². The lowest BCUT2D eigenvalue weighted by Crippen LogP contribution is -2.40. The van der Waals surface area contributed by atoms with Gasteiger partial charge in [-0.3, -0.25) is 0 Å². The molecule has 17 heavy (non-hydrogen) atoms. The second-order valence-electron chi connectivity index (χ2n) is 4.50. The number of rotatable bonds is 2. The maximum Gasteiger partial charge on any atom is 0.127 e. The highest BCUT2D eigenvalue weighted by Crippen LogP contribution is 2.28. The van der Waals surface area contributed by atoms with Crippen molar-refractivity contribution >= 4 is 0 Å². The van der Waals surface area contributed by atoms with E-state index < -0.39 is 11.5 Å². The zero-order valence-corrected chi connectivity index (χ0v) is 9.47. The Hall–Kier alpha value is -1.47. The third-order valence-electron chi connectivity index (χ3n) is 3.19. The first-order chi connectivity index (χ1) is 8.13. The number of nitrogens with zero attached hydrogens (tertiary/aromatic N) is 1. The van der Waals surface area contributed by atoms with Gasteiger partial charge in [-0.05, 0) is 43.6 Å². The van der Waals surface area contributed by atoms with Gasteiger partial charge in [0.05, 0.1) is 11.6 Å². The summed E-state index contributed by atoms with van der Waals surface area (Å²) in [7, 11) is 0. The number of piperidine rings is 1. The molecule has 0 atom stereocenters. The van der Waals surface area contributed by atoms with Crippen LogP contribution in [0, 0.1) is 17.1 Å². The summed E-state index contributed by atoms with van der Waals surface area (Å²) in [4.78, 5) is 0. The minimum absolute atomic E-state index is 0.0895. The van der Waals surface area contributed by atoms with Crippen LogP contribution in [0.4, 0.5) is 8.78 Å². The topological polar surface area (TPSA) is 35.8 Å². The number of nitrogens with one attached hydrogen (secondary N) is 1. The molecule has 2 rings (SSSR count).